The summed E-state index contributed by atoms with van der Waals surface area (Å²) in [4.78, 5) is 11.6. The number of aliphatic carboxylic acids is 1. The zero-order valence-electron chi connectivity index (χ0n) is 16.9. The van der Waals surface area contributed by atoms with Crippen LogP contribution in [-0.4, -0.2) is 21.7 Å². The first-order valence-corrected chi connectivity index (χ1v) is 13.0. The van der Waals surface area contributed by atoms with Gasteiger partial charge in [-0.05, 0) is 0 Å². The van der Waals surface area contributed by atoms with Crippen LogP contribution in [0.4, 0.5) is 0 Å². The van der Waals surface area contributed by atoms with Crippen LogP contribution in [0.2, 0.25) is 0 Å². The van der Waals surface area contributed by atoms with Crippen LogP contribution >= 0.6 is 22.8 Å². The summed E-state index contributed by atoms with van der Waals surface area (Å²) < 4.78 is 6.99. The van der Waals surface area contributed by atoms with Crippen LogP contribution in [0, 0.1) is 0 Å². The molecular weight excluding hydrogens is 459 g/mol. The third-order valence-corrected chi connectivity index (χ3v) is 14.9. The molecule has 1 unspecified atom stereocenters. The molecule has 0 spiro atoms. The van der Waals surface area contributed by atoms with Crippen LogP contribution in [0.15, 0.2) is 102 Å². The summed E-state index contributed by atoms with van der Waals surface area (Å²) >= 11 is 4.04. The van der Waals surface area contributed by atoms with E-state index in [9.17, 15) is 9.90 Å². The van der Waals surface area contributed by atoms with Crippen molar-refractivity contribution in [2.24, 2.45) is 0 Å². The fourth-order valence-corrected chi connectivity index (χ4v) is 13.4. The molecule has 0 radical (unpaired) electrons. The summed E-state index contributed by atoms with van der Waals surface area (Å²) in [5.74, 6) is -0.915. The molecular formula is C25H24BrO3P. The Balaban J connectivity index is 2.06. The van der Waals surface area contributed by atoms with Gasteiger partial charge in [0.1, 0.15) is 0 Å². The van der Waals surface area contributed by atoms with Crippen molar-refractivity contribution in [3.63, 3.8) is 0 Å². The van der Waals surface area contributed by atoms with Crippen LogP contribution in [0.1, 0.15) is 13.8 Å². The second-order valence-electron chi connectivity index (χ2n) is 7.62. The Morgan fingerprint density at radius 1 is 0.800 bits per heavy atom. The zero-order chi connectivity index (χ0) is 21.4. The summed E-state index contributed by atoms with van der Waals surface area (Å²) in [6, 6.07) is 31.0. The Labute approximate surface area is 185 Å². The summed E-state index contributed by atoms with van der Waals surface area (Å²) in [6.07, 6.45) is -0.334. The minimum absolute atomic E-state index is 0.0926. The summed E-state index contributed by atoms with van der Waals surface area (Å²) in [7, 11) is 0. The number of rotatable bonds is 5. The van der Waals surface area contributed by atoms with Gasteiger partial charge in [-0.3, -0.25) is 0 Å². The molecule has 0 saturated carbocycles. The van der Waals surface area contributed by atoms with Crippen molar-refractivity contribution in [1.29, 1.82) is 0 Å². The molecule has 0 amide bonds. The number of carbonyl (C=O) groups is 1. The quantitative estimate of drug-likeness (QED) is 0.317. The van der Waals surface area contributed by atoms with E-state index in [1.165, 1.54) is 0 Å². The Hall–Kier alpha value is -2.26. The molecule has 1 N–H and O–H groups in total. The zero-order valence-corrected chi connectivity index (χ0v) is 19.4. The van der Waals surface area contributed by atoms with E-state index in [0.29, 0.717) is 5.57 Å². The number of benzene rings is 3. The van der Waals surface area contributed by atoms with E-state index in [1.54, 1.807) is 6.92 Å². The molecule has 1 aliphatic heterocycles. The number of carboxylic acids is 1. The molecule has 3 aromatic carbocycles. The number of alkyl halides is 1. The molecule has 154 valence electrons. The van der Waals surface area contributed by atoms with Crippen molar-refractivity contribution >= 4 is 44.6 Å². The standard InChI is InChI=1S/C25H24BrO3P/c1-18(19(2)25(27)28)23-24(26)30(29-23,20-12-6-3-7-13-20,21-14-8-4-9-15-21)22-16-10-5-11-17-22/h3-17,23-24H,1-2H3,(H,27,28)/b19-18-/t23-,24?/m0/s1. The molecule has 4 rings (SSSR count). The molecule has 1 aliphatic rings. The molecule has 1 heterocycles. The third kappa shape index (κ3) is 2.75. The maximum atomic E-state index is 11.6. The normalized spacial score (nSPS) is 23.9. The van der Waals surface area contributed by atoms with E-state index in [1.807, 2.05) is 61.5 Å². The number of halogens is 1. The van der Waals surface area contributed by atoms with E-state index in [-0.39, 0.29) is 10.7 Å². The van der Waals surface area contributed by atoms with Gasteiger partial charge in [0.2, 0.25) is 0 Å². The Bertz CT molecular complexity index is 998. The monoisotopic (exact) mass is 482 g/mol. The predicted molar refractivity (Wildman–Crippen MR) is 129 cm³/mol. The molecule has 0 aliphatic carbocycles. The van der Waals surface area contributed by atoms with E-state index >= 15 is 0 Å². The Kier molecular flexibility index (Phi) is 5.44. The third-order valence-electron chi connectivity index (χ3n) is 6.20. The Morgan fingerprint density at radius 2 is 1.17 bits per heavy atom. The topological polar surface area (TPSA) is 46.5 Å². The van der Waals surface area contributed by atoms with Gasteiger partial charge in [-0.2, -0.15) is 0 Å². The van der Waals surface area contributed by atoms with E-state index < -0.39 is 12.8 Å². The first-order chi connectivity index (χ1) is 14.4. The molecule has 1 fully saturated rings. The molecule has 1 saturated heterocycles. The van der Waals surface area contributed by atoms with Crippen LogP contribution in [0.5, 0.6) is 0 Å². The number of carboxylic acid groups (broad SMARTS) is 1. The maximum absolute atomic E-state index is 11.6. The van der Waals surface area contributed by atoms with Crippen molar-refractivity contribution in [1.82, 2.24) is 0 Å². The van der Waals surface area contributed by atoms with Gasteiger partial charge in [0, 0.05) is 0 Å². The Morgan fingerprint density at radius 3 is 1.47 bits per heavy atom. The van der Waals surface area contributed by atoms with Crippen LogP contribution in [-0.2, 0) is 9.32 Å². The molecule has 5 heteroatoms. The van der Waals surface area contributed by atoms with Crippen molar-refractivity contribution < 1.29 is 14.4 Å². The van der Waals surface area contributed by atoms with Crippen molar-refractivity contribution in [2.45, 2.75) is 24.5 Å². The first kappa shape index (κ1) is 21.0. The van der Waals surface area contributed by atoms with Crippen LogP contribution < -0.4 is 15.9 Å². The molecule has 0 bridgehead atoms. The van der Waals surface area contributed by atoms with E-state index in [0.717, 1.165) is 21.5 Å². The number of hydrogen-bond donors (Lipinski definition) is 1. The van der Waals surface area contributed by atoms with Crippen molar-refractivity contribution in [3.05, 3.63) is 102 Å². The van der Waals surface area contributed by atoms with Crippen LogP contribution in [0.25, 0.3) is 0 Å². The number of hydrogen-bond acceptors (Lipinski definition) is 2. The van der Waals surface area contributed by atoms with Crippen molar-refractivity contribution in [3.8, 4) is 0 Å². The molecule has 3 nitrogen and oxygen atoms in total. The predicted octanol–water partition coefficient (Wildman–Crippen LogP) is 4.97. The molecule has 3 aromatic rings. The van der Waals surface area contributed by atoms with Gasteiger partial charge in [0.15, 0.2) is 0 Å². The molecule has 30 heavy (non-hydrogen) atoms. The van der Waals surface area contributed by atoms with Gasteiger partial charge in [-0.25, -0.2) is 0 Å². The first-order valence-electron chi connectivity index (χ1n) is 9.85. The van der Waals surface area contributed by atoms with Gasteiger partial charge in [-0.15, -0.1) is 0 Å². The van der Waals surface area contributed by atoms with Gasteiger partial charge in [0.05, 0.1) is 0 Å². The van der Waals surface area contributed by atoms with Gasteiger partial charge >= 0.3 is 186 Å². The van der Waals surface area contributed by atoms with Crippen molar-refractivity contribution in [2.75, 3.05) is 0 Å². The summed E-state index contributed by atoms with van der Waals surface area (Å²) in [5, 5.41) is 12.9. The molecule has 2 atom stereocenters. The fourth-order valence-electron chi connectivity index (χ4n) is 4.44. The van der Waals surface area contributed by atoms with Gasteiger partial charge in [-0.1, -0.05) is 0 Å². The average molecular weight is 483 g/mol. The minimum atomic E-state index is -3.36. The van der Waals surface area contributed by atoms with Gasteiger partial charge in [0.25, 0.3) is 0 Å². The van der Waals surface area contributed by atoms with Gasteiger partial charge < -0.3 is 0 Å². The van der Waals surface area contributed by atoms with E-state index in [2.05, 4.69) is 52.3 Å². The van der Waals surface area contributed by atoms with Crippen LogP contribution in [0.3, 0.4) is 0 Å². The average Bonchev–Trinajstić information content (AvgIpc) is 2.80. The fraction of sp³-hybridized carbons (Fsp3) is 0.160. The summed E-state index contributed by atoms with van der Waals surface area (Å²) in [6.45, 7) is 0.138. The SMILES string of the molecule is C/C(C(=O)O)=C(\C)[C@@H]1OP(c2ccccc2)(c2ccccc2)(c2ccccc2)C1Br. The second kappa shape index (κ2) is 7.77. The van der Waals surface area contributed by atoms with E-state index in [4.69, 9.17) is 4.52 Å². The molecule has 0 aromatic heterocycles. The second-order valence-corrected chi connectivity index (χ2v) is 13.8. The summed E-state index contributed by atoms with van der Waals surface area (Å²) in [5.41, 5.74) is 1.07.